The molecule has 198 valence electrons. The van der Waals surface area contributed by atoms with Crippen molar-refractivity contribution in [2.75, 3.05) is 32.1 Å². The average molecular weight is 499 g/mol. The summed E-state index contributed by atoms with van der Waals surface area (Å²) in [5.74, 6) is -0.443. The summed E-state index contributed by atoms with van der Waals surface area (Å²) >= 11 is 0. The number of carbonyl (C=O) groups excluding carboxylic acids is 4. The molecule has 8 nitrogen and oxygen atoms in total. The molecule has 0 aliphatic carbocycles. The maximum atomic E-state index is 13.6. The second-order valence-electron chi connectivity index (χ2n) is 10.7. The van der Waals surface area contributed by atoms with E-state index in [-0.39, 0.29) is 42.0 Å². The number of hydrogen-bond acceptors (Lipinski definition) is 5. The molecule has 2 heterocycles. The first kappa shape index (κ1) is 27.7. The van der Waals surface area contributed by atoms with Crippen molar-refractivity contribution in [3.05, 3.63) is 29.8 Å². The first-order valence-electron chi connectivity index (χ1n) is 13.3. The number of nitrogens with one attached hydrogen (secondary N) is 1. The van der Waals surface area contributed by atoms with Gasteiger partial charge < -0.3 is 20.0 Å². The Kier molecular flexibility index (Phi) is 9.51. The molecule has 0 aromatic heterocycles. The third-order valence-electron chi connectivity index (χ3n) is 7.23. The van der Waals surface area contributed by atoms with Crippen LogP contribution in [0.15, 0.2) is 24.3 Å². The van der Waals surface area contributed by atoms with Crippen LogP contribution in [0, 0.1) is 5.92 Å². The minimum Gasteiger partial charge on any atom is -0.378 e. The normalized spacial score (nSPS) is 20.0. The molecular formula is C28H42N4O4. The SMILES string of the molecule is CCCCCCC(=O)N1CC(=O)C2C1CCN2C(=O)C(CC(C)C)NC(=O)c1ccc(N(C)C)cc1. The molecule has 36 heavy (non-hydrogen) atoms. The molecule has 1 aromatic carbocycles. The van der Waals surface area contributed by atoms with Gasteiger partial charge in [0, 0.05) is 38.3 Å². The van der Waals surface area contributed by atoms with E-state index in [1.807, 2.05) is 45.0 Å². The van der Waals surface area contributed by atoms with Crippen LogP contribution in [0.4, 0.5) is 5.69 Å². The third-order valence-corrected chi connectivity index (χ3v) is 7.23. The van der Waals surface area contributed by atoms with E-state index in [4.69, 9.17) is 0 Å². The van der Waals surface area contributed by atoms with E-state index in [0.717, 1.165) is 31.4 Å². The van der Waals surface area contributed by atoms with Crippen molar-refractivity contribution in [1.82, 2.24) is 15.1 Å². The maximum Gasteiger partial charge on any atom is 0.251 e. The van der Waals surface area contributed by atoms with Gasteiger partial charge in [-0.25, -0.2) is 0 Å². The van der Waals surface area contributed by atoms with Crippen LogP contribution in [0.25, 0.3) is 0 Å². The van der Waals surface area contributed by atoms with E-state index < -0.39 is 12.1 Å². The second-order valence-corrected chi connectivity index (χ2v) is 10.7. The predicted molar refractivity (Wildman–Crippen MR) is 141 cm³/mol. The Morgan fingerprint density at radius 1 is 1.06 bits per heavy atom. The highest BCUT2D eigenvalue weighted by molar-refractivity contribution is 6.01. The first-order valence-corrected chi connectivity index (χ1v) is 13.3. The number of unbranched alkanes of at least 4 members (excludes halogenated alkanes) is 3. The van der Waals surface area contributed by atoms with E-state index in [0.29, 0.717) is 31.4 Å². The van der Waals surface area contributed by atoms with Crippen LogP contribution in [0.1, 0.15) is 76.1 Å². The number of ketones is 1. The van der Waals surface area contributed by atoms with Gasteiger partial charge in [-0.3, -0.25) is 19.2 Å². The van der Waals surface area contributed by atoms with Crippen molar-refractivity contribution in [3.8, 4) is 0 Å². The molecule has 3 rings (SSSR count). The minimum atomic E-state index is -0.726. The molecule has 3 atom stereocenters. The monoisotopic (exact) mass is 498 g/mol. The summed E-state index contributed by atoms with van der Waals surface area (Å²) in [7, 11) is 3.86. The van der Waals surface area contributed by atoms with Crippen molar-refractivity contribution >= 4 is 29.2 Å². The largest absolute Gasteiger partial charge is 0.378 e. The number of likely N-dealkylation sites (tertiary alicyclic amines) is 2. The molecule has 8 heteroatoms. The lowest BCUT2D eigenvalue weighted by atomic mass is 10.0. The van der Waals surface area contributed by atoms with Gasteiger partial charge in [-0.2, -0.15) is 0 Å². The van der Waals surface area contributed by atoms with E-state index in [1.165, 1.54) is 0 Å². The summed E-state index contributed by atoms with van der Waals surface area (Å²) in [5, 5.41) is 2.92. The van der Waals surface area contributed by atoms with Crippen LogP contribution in [-0.4, -0.2) is 78.6 Å². The Bertz CT molecular complexity index is 943. The highest BCUT2D eigenvalue weighted by Crippen LogP contribution is 2.31. The summed E-state index contributed by atoms with van der Waals surface area (Å²) in [6.07, 6.45) is 5.56. The van der Waals surface area contributed by atoms with Crippen molar-refractivity contribution in [2.45, 2.75) is 83.8 Å². The molecular weight excluding hydrogens is 456 g/mol. The molecule has 0 bridgehead atoms. The van der Waals surface area contributed by atoms with E-state index in [9.17, 15) is 19.2 Å². The van der Waals surface area contributed by atoms with Gasteiger partial charge in [-0.15, -0.1) is 0 Å². The summed E-state index contributed by atoms with van der Waals surface area (Å²) in [6.45, 7) is 6.63. The topological polar surface area (TPSA) is 90.0 Å². The molecule has 0 spiro atoms. The van der Waals surface area contributed by atoms with Gasteiger partial charge in [-0.05, 0) is 49.4 Å². The van der Waals surface area contributed by atoms with Crippen molar-refractivity contribution in [1.29, 1.82) is 0 Å². The van der Waals surface area contributed by atoms with Crippen LogP contribution in [-0.2, 0) is 14.4 Å². The average Bonchev–Trinajstić information content (AvgIpc) is 3.42. The summed E-state index contributed by atoms with van der Waals surface area (Å²) in [5.41, 5.74) is 1.46. The number of anilines is 1. The molecule has 2 fully saturated rings. The maximum absolute atomic E-state index is 13.6. The molecule has 3 amide bonds. The van der Waals surface area contributed by atoms with Gasteiger partial charge in [0.2, 0.25) is 11.8 Å². The molecule has 2 saturated heterocycles. The zero-order chi connectivity index (χ0) is 26.4. The Hall–Kier alpha value is -2.90. The highest BCUT2D eigenvalue weighted by atomic mass is 16.2. The van der Waals surface area contributed by atoms with Gasteiger partial charge in [0.25, 0.3) is 5.91 Å². The lowest BCUT2D eigenvalue weighted by molar-refractivity contribution is -0.138. The number of Topliss-reactive ketones (excluding diaryl/α,β-unsaturated/α-hetero) is 1. The Morgan fingerprint density at radius 3 is 2.36 bits per heavy atom. The molecule has 1 N–H and O–H groups in total. The molecule has 3 unspecified atom stereocenters. The van der Waals surface area contributed by atoms with Crippen LogP contribution < -0.4 is 10.2 Å². The zero-order valence-corrected chi connectivity index (χ0v) is 22.5. The number of nitrogens with zero attached hydrogens (tertiary/aromatic N) is 3. The fourth-order valence-corrected chi connectivity index (χ4v) is 5.28. The van der Waals surface area contributed by atoms with Gasteiger partial charge in [-0.1, -0.05) is 40.0 Å². The van der Waals surface area contributed by atoms with E-state index >= 15 is 0 Å². The predicted octanol–water partition coefficient (Wildman–Crippen LogP) is 3.25. The number of hydrogen-bond donors (Lipinski definition) is 1. The van der Waals surface area contributed by atoms with Gasteiger partial charge >= 0.3 is 0 Å². The van der Waals surface area contributed by atoms with Crippen molar-refractivity contribution in [3.63, 3.8) is 0 Å². The number of fused-ring (bicyclic) bond motifs is 1. The second kappa shape index (κ2) is 12.4. The molecule has 2 aliphatic heterocycles. The lowest BCUT2D eigenvalue weighted by Crippen LogP contribution is -2.53. The van der Waals surface area contributed by atoms with Crippen molar-refractivity contribution in [2.24, 2.45) is 5.92 Å². The van der Waals surface area contributed by atoms with E-state index in [2.05, 4.69) is 12.2 Å². The highest BCUT2D eigenvalue weighted by Gasteiger charge is 2.52. The zero-order valence-electron chi connectivity index (χ0n) is 22.5. The van der Waals surface area contributed by atoms with E-state index in [1.54, 1.807) is 21.9 Å². The summed E-state index contributed by atoms with van der Waals surface area (Å²) < 4.78 is 0. The molecule has 0 saturated carbocycles. The molecule has 0 radical (unpaired) electrons. The van der Waals surface area contributed by atoms with Crippen LogP contribution >= 0.6 is 0 Å². The number of amides is 3. The smallest absolute Gasteiger partial charge is 0.251 e. The third kappa shape index (κ3) is 6.45. The minimum absolute atomic E-state index is 0.00876. The Labute approximate surface area is 215 Å². The van der Waals surface area contributed by atoms with Crippen molar-refractivity contribution < 1.29 is 19.2 Å². The van der Waals surface area contributed by atoms with Gasteiger partial charge in [0.15, 0.2) is 5.78 Å². The number of carbonyl (C=O) groups is 4. The Balaban J connectivity index is 1.69. The quantitative estimate of drug-likeness (QED) is 0.473. The standard InChI is InChI=1S/C28H42N4O4/c1-6-7-8-9-10-25(34)32-18-24(33)26-23(32)15-16-31(26)28(36)22(17-19(2)3)29-27(35)20-11-13-21(14-12-20)30(4)5/h11-14,19,22-23,26H,6-10,15-18H2,1-5H3,(H,29,35). The first-order chi connectivity index (χ1) is 17.1. The van der Waals surface area contributed by atoms with Crippen LogP contribution in [0.5, 0.6) is 0 Å². The lowest BCUT2D eigenvalue weighted by Gasteiger charge is -2.29. The fourth-order valence-electron chi connectivity index (χ4n) is 5.28. The van der Waals surface area contributed by atoms with Crippen LogP contribution in [0.3, 0.4) is 0 Å². The molecule has 1 aromatic rings. The summed E-state index contributed by atoms with van der Waals surface area (Å²) in [4.78, 5) is 57.7. The molecule has 2 aliphatic rings. The summed E-state index contributed by atoms with van der Waals surface area (Å²) in [6, 6.07) is 5.64. The Morgan fingerprint density at radius 2 is 1.75 bits per heavy atom. The fraction of sp³-hybridized carbons (Fsp3) is 0.643. The van der Waals surface area contributed by atoms with Gasteiger partial charge in [0.1, 0.15) is 12.1 Å². The number of rotatable bonds is 11. The van der Waals surface area contributed by atoms with Crippen LogP contribution in [0.2, 0.25) is 0 Å². The van der Waals surface area contributed by atoms with Gasteiger partial charge in [0.05, 0.1) is 12.6 Å². The number of benzene rings is 1.